The molecule has 1 aromatic heterocycles. The molecule has 2 heterocycles. The third-order valence-corrected chi connectivity index (χ3v) is 6.73. The van der Waals surface area contributed by atoms with Gasteiger partial charge in [-0.2, -0.15) is 5.26 Å². The van der Waals surface area contributed by atoms with Crippen molar-refractivity contribution in [2.45, 2.75) is 29.0 Å². The molecule has 0 radical (unpaired) electrons. The van der Waals surface area contributed by atoms with Crippen LogP contribution in [0, 0.1) is 11.3 Å². The number of thioether (sulfide) groups is 1. The molecular weight excluding hydrogens is 446 g/mol. The molecule has 10 heteroatoms. The van der Waals surface area contributed by atoms with Gasteiger partial charge in [0.2, 0.25) is 5.13 Å². The molecule has 1 atom stereocenters. The van der Waals surface area contributed by atoms with Crippen molar-refractivity contribution >= 4 is 45.7 Å². The monoisotopic (exact) mass is 465 g/mol. The van der Waals surface area contributed by atoms with Crippen LogP contribution in [0.5, 0.6) is 0 Å². The quantitative estimate of drug-likeness (QED) is 0.399. The van der Waals surface area contributed by atoms with E-state index in [-0.39, 0.29) is 11.8 Å². The minimum atomic E-state index is -0.436. The molecule has 1 unspecified atom stereocenters. The van der Waals surface area contributed by atoms with Crippen LogP contribution in [0.3, 0.4) is 0 Å². The van der Waals surface area contributed by atoms with E-state index in [4.69, 9.17) is 10.00 Å². The van der Waals surface area contributed by atoms with E-state index in [1.165, 1.54) is 23.1 Å². The summed E-state index contributed by atoms with van der Waals surface area (Å²) in [6, 6.07) is 16.2. The van der Waals surface area contributed by atoms with E-state index in [0.29, 0.717) is 40.7 Å². The molecular formula is C22H19N5O3S2. The molecule has 1 saturated heterocycles. The number of hydrogen-bond donors (Lipinski definition) is 2. The van der Waals surface area contributed by atoms with Gasteiger partial charge < -0.3 is 10.1 Å². The molecule has 2 amide bonds. The molecule has 1 aliphatic heterocycles. The highest BCUT2D eigenvalue weighted by atomic mass is 32.2. The Morgan fingerprint density at radius 3 is 2.78 bits per heavy atom. The largest absolute Gasteiger partial charge is 0.368 e. The van der Waals surface area contributed by atoms with Crippen molar-refractivity contribution in [1.29, 1.82) is 5.26 Å². The number of nitriles is 1. The summed E-state index contributed by atoms with van der Waals surface area (Å²) in [6.07, 6.45) is 1.14. The highest BCUT2D eigenvalue weighted by Crippen LogP contribution is 2.28. The number of benzene rings is 2. The second-order valence-electron chi connectivity index (χ2n) is 7.00. The lowest BCUT2D eigenvalue weighted by atomic mass is 10.1. The maximum atomic E-state index is 12.6. The number of carbonyl (C=O) groups is 2. The number of aromatic nitrogens is 2. The number of hydrogen-bond acceptors (Lipinski definition) is 8. The van der Waals surface area contributed by atoms with Gasteiger partial charge in [0.05, 0.1) is 11.6 Å². The van der Waals surface area contributed by atoms with Gasteiger partial charge in [0, 0.05) is 23.6 Å². The van der Waals surface area contributed by atoms with Crippen LogP contribution in [0.25, 0.3) is 0 Å². The van der Waals surface area contributed by atoms with E-state index < -0.39 is 6.10 Å². The van der Waals surface area contributed by atoms with Crippen molar-refractivity contribution in [3.63, 3.8) is 0 Å². The Hall–Kier alpha value is -3.26. The Labute approximate surface area is 193 Å². The molecule has 8 nitrogen and oxygen atoms in total. The van der Waals surface area contributed by atoms with Gasteiger partial charge in [-0.1, -0.05) is 41.3 Å². The van der Waals surface area contributed by atoms with Gasteiger partial charge >= 0.3 is 0 Å². The minimum absolute atomic E-state index is 0.201. The van der Waals surface area contributed by atoms with Crippen molar-refractivity contribution in [2.75, 3.05) is 17.2 Å². The van der Waals surface area contributed by atoms with E-state index >= 15 is 0 Å². The molecule has 4 rings (SSSR count). The standard InChI is InChI=1S/C22H19N5O3S2/c23-12-14-6-8-15(9-7-14)13-31-22-27-26-21(32-22)25-19(28)16-3-1-4-17(11-16)24-20(29)18-5-2-10-30-18/h1,3-4,6-9,11,18H,2,5,10,13H2,(H,24,29)(H,25,26,28). The Balaban J connectivity index is 1.32. The summed E-state index contributed by atoms with van der Waals surface area (Å²) in [4.78, 5) is 24.8. The van der Waals surface area contributed by atoms with Gasteiger partial charge in [0.1, 0.15) is 6.10 Å². The first kappa shape index (κ1) is 22.0. The first-order valence-electron chi connectivity index (χ1n) is 9.90. The van der Waals surface area contributed by atoms with E-state index in [1.54, 1.807) is 36.4 Å². The van der Waals surface area contributed by atoms with Crippen LogP contribution in [-0.4, -0.2) is 34.7 Å². The third-order valence-electron chi connectivity index (χ3n) is 4.69. The zero-order valence-electron chi connectivity index (χ0n) is 16.9. The van der Waals surface area contributed by atoms with Gasteiger partial charge in [-0.25, -0.2) is 0 Å². The van der Waals surface area contributed by atoms with Crippen LogP contribution < -0.4 is 10.6 Å². The average Bonchev–Trinajstić information content (AvgIpc) is 3.51. The number of ether oxygens (including phenoxy) is 1. The zero-order valence-corrected chi connectivity index (χ0v) is 18.5. The molecule has 1 fully saturated rings. The number of carbonyl (C=O) groups excluding carboxylic acids is 2. The fraction of sp³-hybridized carbons (Fsp3) is 0.227. The molecule has 3 aromatic rings. The maximum Gasteiger partial charge on any atom is 0.257 e. The van der Waals surface area contributed by atoms with Crippen LogP contribution in [0.15, 0.2) is 52.9 Å². The third kappa shape index (κ3) is 5.70. The molecule has 2 N–H and O–H groups in total. The SMILES string of the molecule is N#Cc1ccc(CSc2nnc(NC(=O)c3cccc(NC(=O)C4CCCO4)c3)s2)cc1. The lowest BCUT2D eigenvalue weighted by Gasteiger charge is -2.11. The van der Waals surface area contributed by atoms with Crippen molar-refractivity contribution < 1.29 is 14.3 Å². The predicted molar refractivity (Wildman–Crippen MR) is 123 cm³/mol. The minimum Gasteiger partial charge on any atom is -0.368 e. The lowest BCUT2D eigenvalue weighted by Crippen LogP contribution is -2.27. The smallest absolute Gasteiger partial charge is 0.257 e. The summed E-state index contributed by atoms with van der Waals surface area (Å²) in [6.45, 7) is 0.593. The number of nitrogens with zero attached hydrogens (tertiary/aromatic N) is 3. The zero-order chi connectivity index (χ0) is 22.3. The van der Waals surface area contributed by atoms with Crippen molar-refractivity contribution in [3.8, 4) is 6.07 Å². The number of nitrogens with one attached hydrogen (secondary N) is 2. The molecule has 162 valence electrons. The summed E-state index contributed by atoms with van der Waals surface area (Å²) in [5.74, 6) is 0.145. The average molecular weight is 466 g/mol. The van der Waals surface area contributed by atoms with Crippen LogP contribution in [0.2, 0.25) is 0 Å². The van der Waals surface area contributed by atoms with Crippen LogP contribution >= 0.6 is 23.1 Å². The van der Waals surface area contributed by atoms with Crippen LogP contribution in [-0.2, 0) is 15.3 Å². The molecule has 1 aliphatic rings. The van der Waals surface area contributed by atoms with Crippen molar-refractivity contribution in [3.05, 3.63) is 65.2 Å². The molecule has 0 bridgehead atoms. The number of amides is 2. The fourth-order valence-corrected chi connectivity index (χ4v) is 4.76. The molecule has 0 aliphatic carbocycles. The van der Waals surface area contributed by atoms with Crippen molar-refractivity contribution in [1.82, 2.24) is 10.2 Å². The molecule has 0 spiro atoms. The highest BCUT2D eigenvalue weighted by Gasteiger charge is 2.23. The summed E-state index contributed by atoms with van der Waals surface area (Å²) in [7, 11) is 0. The fourth-order valence-electron chi connectivity index (χ4n) is 3.05. The Morgan fingerprint density at radius 2 is 2.03 bits per heavy atom. The summed E-state index contributed by atoms with van der Waals surface area (Å²) in [5, 5.41) is 22.9. The van der Waals surface area contributed by atoms with Gasteiger partial charge in [0.25, 0.3) is 11.8 Å². The number of rotatable bonds is 7. The summed E-state index contributed by atoms with van der Waals surface area (Å²) in [5.41, 5.74) is 2.62. The molecule has 2 aromatic carbocycles. The lowest BCUT2D eigenvalue weighted by molar-refractivity contribution is -0.124. The van der Waals surface area contributed by atoms with E-state index in [9.17, 15) is 9.59 Å². The van der Waals surface area contributed by atoms with Crippen LogP contribution in [0.1, 0.15) is 34.3 Å². The Kier molecular flexibility index (Phi) is 7.11. The van der Waals surface area contributed by atoms with Gasteiger partial charge in [-0.3, -0.25) is 14.9 Å². The van der Waals surface area contributed by atoms with Gasteiger partial charge in [0.15, 0.2) is 4.34 Å². The molecule has 32 heavy (non-hydrogen) atoms. The summed E-state index contributed by atoms with van der Waals surface area (Å²) >= 11 is 2.79. The first-order valence-corrected chi connectivity index (χ1v) is 11.7. The Bertz CT molecular complexity index is 1150. The topological polar surface area (TPSA) is 117 Å². The van der Waals surface area contributed by atoms with E-state index in [0.717, 1.165) is 16.3 Å². The highest BCUT2D eigenvalue weighted by molar-refractivity contribution is 8.00. The van der Waals surface area contributed by atoms with Gasteiger partial charge in [-0.05, 0) is 48.7 Å². The summed E-state index contributed by atoms with van der Waals surface area (Å²) < 4.78 is 6.11. The van der Waals surface area contributed by atoms with E-state index in [2.05, 4.69) is 26.9 Å². The maximum absolute atomic E-state index is 12.6. The first-order chi connectivity index (χ1) is 15.6. The second kappa shape index (κ2) is 10.4. The van der Waals surface area contributed by atoms with E-state index in [1.807, 2.05) is 12.1 Å². The molecule has 0 saturated carbocycles. The van der Waals surface area contributed by atoms with Crippen LogP contribution in [0.4, 0.5) is 10.8 Å². The van der Waals surface area contributed by atoms with Gasteiger partial charge in [-0.15, -0.1) is 10.2 Å². The van der Waals surface area contributed by atoms with Crippen molar-refractivity contribution in [2.24, 2.45) is 0 Å². The second-order valence-corrected chi connectivity index (χ2v) is 9.20. The predicted octanol–water partition coefficient (Wildman–Crippen LogP) is 4.07. The normalized spacial score (nSPS) is 15.2. The number of anilines is 2. The Morgan fingerprint density at radius 1 is 1.19 bits per heavy atom.